The first-order valence-electron chi connectivity index (χ1n) is 6.91. The molecule has 2 fully saturated rings. The molecule has 2 aliphatic rings. The highest BCUT2D eigenvalue weighted by Gasteiger charge is 2.38. The van der Waals surface area contributed by atoms with E-state index in [1.54, 1.807) is 0 Å². The fourth-order valence-electron chi connectivity index (χ4n) is 3.01. The monoisotopic (exact) mass is 331 g/mol. The zero-order valence-corrected chi connectivity index (χ0v) is 13.1. The molecule has 2 saturated heterocycles. The second kappa shape index (κ2) is 5.64. The first-order chi connectivity index (χ1) is 10.00. The summed E-state index contributed by atoms with van der Waals surface area (Å²) in [5, 5.41) is 9.04. The molecule has 1 aromatic rings. The molecule has 1 aromatic heterocycles. The number of aromatic nitrogens is 1. The highest BCUT2D eigenvalue weighted by Crippen LogP contribution is 2.29. The summed E-state index contributed by atoms with van der Waals surface area (Å²) in [4.78, 5) is 17.1. The first-order valence-corrected chi connectivity index (χ1v) is 9.23. The highest BCUT2D eigenvalue weighted by molar-refractivity contribution is 7.91. The SMILES string of the molecule is O=C(O)c1ncsc1S(=O)(=O)N1CCC(N2CCCC2)C1. The number of nitrogens with zero attached hydrogens (tertiary/aromatic N) is 3. The number of sulfonamides is 1. The van der Waals surface area contributed by atoms with Crippen LogP contribution in [0.15, 0.2) is 9.72 Å². The fourth-order valence-corrected chi connectivity index (χ4v) is 5.78. The summed E-state index contributed by atoms with van der Waals surface area (Å²) in [6, 6.07) is 0.253. The van der Waals surface area contributed by atoms with Crippen LogP contribution in [-0.4, -0.2) is 65.9 Å². The van der Waals surface area contributed by atoms with E-state index >= 15 is 0 Å². The van der Waals surface area contributed by atoms with Crippen LogP contribution in [0.4, 0.5) is 0 Å². The summed E-state index contributed by atoms with van der Waals surface area (Å²) >= 11 is 0.870. The van der Waals surface area contributed by atoms with Crippen LogP contribution in [0.1, 0.15) is 29.8 Å². The Balaban J connectivity index is 1.79. The highest BCUT2D eigenvalue weighted by atomic mass is 32.2. The van der Waals surface area contributed by atoms with Gasteiger partial charge in [0.15, 0.2) is 9.90 Å². The molecule has 7 nitrogen and oxygen atoms in total. The van der Waals surface area contributed by atoms with Gasteiger partial charge in [0.05, 0.1) is 5.51 Å². The van der Waals surface area contributed by atoms with E-state index < -0.39 is 16.0 Å². The van der Waals surface area contributed by atoms with Gasteiger partial charge in [0, 0.05) is 19.1 Å². The van der Waals surface area contributed by atoms with Gasteiger partial charge in [0.25, 0.3) is 10.0 Å². The molecule has 0 bridgehead atoms. The number of aromatic carboxylic acids is 1. The van der Waals surface area contributed by atoms with Gasteiger partial charge in [0.1, 0.15) is 0 Å². The van der Waals surface area contributed by atoms with E-state index in [9.17, 15) is 13.2 Å². The van der Waals surface area contributed by atoms with E-state index in [0.29, 0.717) is 13.1 Å². The summed E-state index contributed by atoms with van der Waals surface area (Å²) < 4.78 is 26.4. The van der Waals surface area contributed by atoms with Gasteiger partial charge in [-0.3, -0.25) is 4.90 Å². The van der Waals surface area contributed by atoms with Crippen molar-refractivity contribution in [2.24, 2.45) is 0 Å². The summed E-state index contributed by atoms with van der Waals surface area (Å²) in [6.07, 6.45) is 3.14. The largest absolute Gasteiger partial charge is 0.476 e. The Morgan fingerprint density at radius 3 is 2.71 bits per heavy atom. The van der Waals surface area contributed by atoms with Crippen LogP contribution < -0.4 is 0 Å². The molecule has 1 atom stereocenters. The summed E-state index contributed by atoms with van der Waals surface area (Å²) in [5.74, 6) is -1.30. The molecular formula is C12H17N3O4S2. The molecule has 2 aliphatic heterocycles. The maximum Gasteiger partial charge on any atom is 0.356 e. The summed E-state index contributed by atoms with van der Waals surface area (Å²) in [6.45, 7) is 2.94. The van der Waals surface area contributed by atoms with Crippen molar-refractivity contribution in [3.63, 3.8) is 0 Å². The van der Waals surface area contributed by atoms with E-state index in [-0.39, 0.29) is 15.9 Å². The molecule has 1 N–H and O–H groups in total. The zero-order chi connectivity index (χ0) is 15.0. The average molecular weight is 331 g/mol. The van der Waals surface area contributed by atoms with Gasteiger partial charge in [-0.15, -0.1) is 11.3 Å². The van der Waals surface area contributed by atoms with Crippen molar-refractivity contribution in [1.29, 1.82) is 0 Å². The van der Waals surface area contributed by atoms with Crippen molar-refractivity contribution >= 4 is 27.3 Å². The van der Waals surface area contributed by atoms with Gasteiger partial charge in [-0.25, -0.2) is 18.2 Å². The predicted octanol–water partition coefficient (Wildman–Crippen LogP) is 0.700. The van der Waals surface area contributed by atoms with Crippen molar-refractivity contribution in [2.45, 2.75) is 29.5 Å². The molecule has 9 heteroatoms. The number of likely N-dealkylation sites (tertiary alicyclic amines) is 1. The van der Waals surface area contributed by atoms with Crippen LogP contribution in [0.3, 0.4) is 0 Å². The number of rotatable bonds is 4. The van der Waals surface area contributed by atoms with E-state index in [0.717, 1.165) is 30.8 Å². The van der Waals surface area contributed by atoms with Crippen molar-refractivity contribution in [1.82, 2.24) is 14.2 Å². The second-order valence-corrected chi connectivity index (χ2v) is 8.33. The van der Waals surface area contributed by atoms with Crippen LogP contribution in [0.25, 0.3) is 0 Å². The van der Waals surface area contributed by atoms with Gasteiger partial charge in [-0.2, -0.15) is 4.31 Å². The molecule has 0 radical (unpaired) electrons. The standard InChI is InChI=1S/C12H17N3O4S2/c16-11(17)10-12(20-8-13-10)21(18,19)15-6-3-9(7-15)14-4-1-2-5-14/h8-9H,1-7H2,(H,16,17). The fraction of sp³-hybridized carbons (Fsp3) is 0.667. The molecule has 3 heterocycles. The van der Waals surface area contributed by atoms with Crippen LogP contribution in [0.5, 0.6) is 0 Å². The lowest BCUT2D eigenvalue weighted by molar-refractivity contribution is 0.0687. The van der Waals surface area contributed by atoms with E-state index in [1.807, 2.05) is 0 Å². The lowest BCUT2D eigenvalue weighted by atomic mass is 10.2. The molecule has 0 amide bonds. The third-order valence-electron chi connectivity index (χ3n) is 4.09. The summed E-state index contributed by atoms with van der Waals surface area (Å²) in [7, 11) is -3.75. The molecule has 0 aliphatic carbocycles. The van der Waals surface area contributed by atoms with Gasteiger partial charge in [0.2, 0.25) is 0 Å². The number of hydrogen-bond donors (Lipinski definition) is 1. The molecule has 0 aromatic carbocycles. The minimum Gasteiger partial charge on any atom is -0.476 e. The maximum atomic E-state index is 12.6. The van der Waals surface area contributed by atoms with E-state index in [4.69, 9.17) is 5.11 Å². The molecule has 21 heavy (non-hydrogen) atoms. The third-order valence-corrected chi connectivity index (χ3v) is 7.31. The van der Waals surface area contributed by atoms with Crippen LogP contribution in [0, 0.1) is 0 Å². The lowest BCUT2D eigenvalue weighted by Gasteiger charge is -2.23. The zero-order valence-electron chi connectivity index (χ0n) is 11.4. The van der Waals surface area contributed by atoms with Crippen molar-refractivity contribution in [3.05, 3.63) is 11.2 Å². The Bertz CT molecular complexity index is 637. The van der Waals surface area contributed by atoms with Crippen LogP contribution in [-0.2, 0) is 10.0 Å². The summed E-state index contributed by atoms with van der Waals surface area (Å²) in [5.41, 5.74) is 0.897. The number of carbonyl (C=O) groups is 1. The average Bonchev–Trinajstić information content (AvgIpc) is 3.18. The number of thiazole rings is 1. The van der Waals surface area contributed by atoms with Crippen molar-refractivity contribution < 1.29 is 18.3 Å². The normalized spacial score (nSPS) is 24.7. The minimum absolute atomic E-state index is 0.155. The quantitative estimate of drug-likeness (QED) is 0.873. The van der Waals surface area contributed by atoms with Crippen molar-refractivity contribution in [3.8, 4) is 0 Å². The van der Waals surface area contributed by atoms with Gasteiger partial charge < -0.3 is 5.11 Å². The molecule has 0 spiro atoms. The second-order valence-electron chi connectivity index (χ2n) is 5.34. The van der Waals surface area contributed by atoms with Crippen LogP contribution >= 0.6 is 11.3 Å². The van der Waals surface area contributed by atoms with E-state index in [1.165, 1.54) is 22.7 Å². The molecule has 0 saturated carbocycles. The number of carboxylic acids is 1. The third kappa shape index (κ3) is 2.70. The Morgan fingerprint density at radius 1 is 1.33 bits per heavy atom. The van der Waals surface area contributed by atoms with Crippen molar-refractivity contribution in [2.75, 3.05) is 26.2 Å². The van der Waals surface area contributed by atoms with Gasteiger partial charge in [-0.1, -0.05) is 0 Å². The molecule has 3 rings (SSSR count). The Labute approximate surface area is 127 Å². The molecule has 116 valence electrons. The van der Waals surface area contributed by atoms with E-state index in [2.05, 4.69) is 9.88 Å². The number of carboxylic acid groups (broad SMARTS) is 1. The maximum absolute atomic E-state index is 12.6. The first kappa shape index (κ1) is 14.9. The molecule has 1 unspecified atom stereocenters. The minimum atomic E-state index is -3.75. The Kier molecular flexibility index (Phi) is 4.00. The predicted molar refractivity (Wildman–Crippen MR) is 77.0 cm³/mol. The topological polar surface area (TPSA) is 90.8 Å². The Morgan fingerprint density at radius 2 is 2.05 bits per heavy atom. The Hall–Kier alpha value is -1.03. The smallest absolute Gasteiger partial charge is 0.356 e. The van der Waals surface area contributed by atoms with Gasteiger partial charge in [-0.05, 0) is 32.4 Å². The number of hydrogen-bond acceptors (Lipinski definition) is 6. The van der Waals surface area contributed by atoms with Crippen LogP contribution in [0.2, 0.25) is 0 Å². The van der Waals surface area contributed by atoms with Gasteiger partial charge >= 0.3 is 5.97 Å². The lowest BCUT2D eigenvalue weighted by Crippen LogP contribution is -2.37. The molecular weight excluding hydrogens is 314 g/mol.